The smallest absolute Gasteiger partial charge is 0.324 e. The van der Waals surface area contributed by atoms with E-state index in [9.17, 15) is 4.79 Å². The second kappa shape index (κ2) is 3.81. The molecule has 0 unspecified atom stereocenters. The van der Waals surface area contributed by atoms with Gasteiger partial charge < -0.3 is 9.64 Å². The van der Waals surface area contributed by atoms with Gasteiger partial charge in [0.25, 0.3) is 0 Å². The third kappa shape index (κ3) is 1.75. The Morgan fingerprint density at radius 2 is 1.87 bits per heavy atom. The number of amides is 2. The van der Waals surface area contributed by atoms with Gasteiger partial charge in [-0.2, -0.15) is 0 Å². The van der Waals surface area contributed by atoms with Crippen LogP contribution < -0.4 is 9.64 Å². The molecule has 2 rings (SSSR count). The first-order valence-electron chi connectivity index (χ1n) is 4.89. The van der Waals surface area contributed by atoms with E-state index in [1.54, 1.807) is 16.9 Å². The standard InChI is InChI=1S/C11H14N2O2/c1-12-7-8-13(11(12)14)9-3-5-10(15-2)6-4-9/h3-6H,7-8H2,1-2H3. The van der Waals surface area contributed by atoms with Crippen molar-refractivity contribution < 1.29 is 9.53 Å². The van der Waals surface area contributed by atoms with E-state index in [1.807, 2.05) is 31.3 Å². The lowest BCUT2D eigenvalue weighted by molar-refractivity contribution is 0.229. The summed E-state index contributed by atoms with van der Waals surface area (Å²) in [5.41, 5.74) is 0.921. The maximum absolute atomic E-state index is 11.7. The summed E-state index contributed by atoms with van der Waals surface area (Å²) in [6.07, 6.45) is 0. The van der Waals surface area contributed by atoms with Gasteiger partial charge in [0.2, 0.25) is 0 Å². The van der Waals surface area contributed by atoms with E-state index < -0.39 is 0 Å². The number of urea groups is 1. The molecule has 1 aromatic carbocycles. The third-order valence-corrected chi connectivity index (χ3v) is 2.60. The van der Waals surface area contributed by atoms with Gasteiger partial charge in [0.1, 0.15) is 5.75 Å². The molecule has 0 aliphatic carbocycles. The molecule has 1 saturated heterocycles. The minimum Gasteiger partial charge on any atom is -0.497 e. The number of benzene rings is 1. The predicted octanol–water partition coefficient (Wildman–Crippen LogP) is 1.57. The van der Waals surface area contributed by atoms with Gasteiger partial charge in [0, 0.05) is 25.8 Å². The fourth-order valence-corrected chi connectivity index (χ4v) is 1.65. The predicted molar refractivity (Wildman–Crippen MR) is 58.4 cm³/mol. The second-order valence-electron chi connectivity index (χ2n) is 3.55. The Hall–Kier alpha value is -1.71. The Labute approximate surface area is 89.0 Å². The summed E-state index contributed by atoms with van der Waals surface area (Å²) >= 11 is 0. The first-order chi connectivity index (χ1) is 7.22. The van der Waals surface area contributed by atoms with Crippen LogP contribution in [0.4, 0.5) is 10.5 Å². The molecular weight excluding hydrogens is 192 g/mol. The van der Waals surface area contributed by atoms with Crippen LogP contribution in [-0.4, -0.2) is 38.2 Å². The zero-order chi connectivity index (χ0) is 10.8. The van der Waals surface area contributed by atoms with Crippen LogP contribution in [0.5, 0.6) is 5.75 Å². The molecule has 1 aliphatic heterocycles. The minimum atomic E-state index is 0.0557. The number of anilines is 1. The molecule has 1 aromatic rings. The Morgan fingerprint density at radius 3 is 2.33 bits per heavy atom. The summed E-state index contributed by atoms with van der Waals surface area (Å²) in [5, 5.41) is 0. The van der Waals surface area contributed by atoms with Crippen molar-refractivity contribution in [3.8, 4) is 5.75 Å². The van der Waals surface area contributed by atoms with E-state index in [0.29, 0.717) is 0 Å². The molecule has 0 aromatic heterocycles. The highest BCUT2D eigenvalue weighted by atomic mass is 16.5. The molecule has 80 valence electrons. The number of ether oxygens (including phenoxy) is 1. The summed E-state index contributed by atoms with van der Waals surface area (Å²) in [7, 11) is 3.44. The first kappa shape index (κ1) is 9.83. The van der Waals surface area contributed by atoms with Crippen molar-refractivity contribution in [1.29, 1.82) is 0 Å². The van der Waals surface area contributed by atoms with Crippen molar-refractivity contribution >= 4 is 11.7 Å². The highest BCUT2D eigenvalue weighted by molar-refractivity contribution is 5.93. The maximum Gasteiger partial charge on any atom is 0.324 e. The Bertz CT molecular complexity index is 361. The number of nitrogens with zero attached hydrogens (tertiary/aromatic N) is 2. The lowest BCUT2D eigenvalue weighted by atomic mass is 10.3. The number of hydrogen-bond acceptors (Lipinski definition) is 2. The summed E-state index contributed by atoms with van der Waals surface area (Å²) in [6.45, 7) is 1.53. The summed E-state index contributed by atoms with van der Waals surface area (Å²) in [5.74, 6) is 0.804. The van der Waals surface area contributed by atoms with E-state index in [4.69, 9.17) is 4.74 Å². The van der Waals surface area contributed by atoms with Crippen molar-refractivity contribution in [3.63, 3.8) is 0 Å². The SMILES string of the molecule is COc1ccc(N2CCN(C)C2=O)cc1. The van der Waals surface area contributed by atoms with Gasteiger partial charge in [-0.3, -0.25) is 4.90 Å². The van der Waals surface area contributed by atoms with Crippen molar-refractivity contribution in [3.05, 3.63) is 24.3 Å². The molecule has 0 bridgehead atoms. The van der Waals surface area contributed by atoms with Crippen LogP contribution >= 0.6 is 0 Å². The van der Waals surface area contributed by atoms with Crippen molar-refractivity contribution in [2.45, 2.75) is 0 Å². The molecule has 0 N–H and O–H groups in total. The van der Waals surface area contributed by atoms with Crippen molar-refractivity contribution in [2.75, 3.05) is 32.1 Å². The number of methoxy groups -OCH3 is 1. The fraction of sp³-hybridized carbons (Fsp3) is 0.364. The molecule has 15 heavy (non-hydrogen) atoms. The van der Waals surface area contributed by atoms with Crippen LogP contribution in [0.15, 0.2) is 24.3 Å². The van der Waals surface area contributed by atoms with Crippen LogP contribution in [0.1, 0.15) is 0 Å². The minimum absolute atomic E-state index is 0.0557. The number of carbonyl (C=O) groups excluding carboxylic acids is 1. The van der Waals surface area contributed by atoms with Crippen LogP contribution in [0, 0.1) is 0 Å². The number of likely N-dealkylation sites (N-methyl/N-ethyl adjacent to an activating group) is 1. The van der Waals surface area contributed by atoms with Crippen molar-refractivity contribution in [1.82, 2.24) is 4.90 Å². The van der Waals surface area contributed by atoms with Gasteiger partial charge in [0.15, 0.2) is 0 Å². The summed E-state index contributed by atoms with van der Waals surface area (Å²) < 4.78 is 5.07. The quantitative estimate of drug-likeness (QED) is 0.735. The fourth-order valence-electron chi connectivity index (χ4n) is 1.65. The van der Waals surface area contributed by atoms with Gasteiger partial charge in [-0.1, -0.05) is 0 Å². The number of carbonyl (C=O) groups is 1. The topological polar surface area (TPSA) is 32.8 Å². The maximum atomic E-state index is 11.7. The molecule has 0 saturated carbocycles. The second-order valence-corrected chi connectivity index (χ2v) is 3.55. The molecule has 0 atom stereocenters. The largest absolute Gasteiger partial charge is 0.497 e. The lowest BCUT2D eigenvalue weighted by Crippen LogP contribution is -2.28. The van der Waals surface area contributed by atoms with E-state index in [1.165, 1.54) is 0 Å². The monoisotopic (exact) mass is 206 g/mol. The normalized spacial score (nSPS) is 16.0. The molecule has 2 amide bonds. The number of rotatable bonds is 2. The average molecular weight is 206 g/mol. The molecule has 0 radical (unpaired) electrons. The van der Waals surface area contributed by atoms with E-state index in [0.717, 1.165) is 24.5 Å². The van der Waals surface area contributed by atoms with E-state index in [-0.39, 0.29) is 6.03 Å². The van der Waals surface area contributed by atoms with Gasteiger partial charge in [-0.05, 0) is 24.3 Å². The Kier molecular flexibility index (Phi) is 2.49. The third-order valence-electron chi connectivity index (χ3n) is 2.60. The molecule has 1 aliphatic rings. The number of hydrogen-bond donors (Lipinski definition) is 0. The van der Waals surface area contributed by atoms with Crippen LogP contribution in [0.25, 0.3) is 0 Å². The van der Waals surface area contributed by atoms with Crippen LogP contribution in [-0.2, 0) is 0 Å². The Morgan fingerprint density at radius 1 is 1.20 bits per heavy atom. The van der Waals surface area contributed by atoms with Gasteiger partial charge in [-0.25, -0.2) is 4.79 Å². The van der Waals surface area contributed by atoms with Crippen LogP contribution in [0.2, 0.25) is 0 Å². The summed E-state index contributed by atoms with van der Waals surface area (Å²) in [4.78, 5) is 15.2. The molecule has 1 heterocycles. The van der Waals surface area contributed by atoms with Crippen LogP contribution in [0.3, 0.4) is 0 Å². The first-order valence-corrected chi connectivity index (χ1v) is 4.89. The molecule has 4 nitrogen and oxygen atoms in total. The summed E-state index contributed by atoms with van der Waals surface area (Å²) in [6, 6.07) is 7.58. The molecule has 0 spiro atoms. The van der Waals surface area contributed by atoms with Crippen molar-refractivity contribution in [2.24, 2.45) is 0 Å². The highest BCUT2D eigenvalue weighted by Gasteiger charge is 2.26. The molecular formula is C11H14N2O2. The highest BCUT2D eigenvalue weighted by Crippen LogP contribution is 2.22. The zero-order valence-corrected chi connectivity index (χ0v) is 8.93. The molecule has 1 fully saturated rings. The van der Waals surface area contributed by atoms with Gasteiger partial charge in [-0.15, -0.1) is 0 Å². The zero-order valence-electron chi connectivity index (χ0n) is 8.93. The van der Waals surface area contributed by atoms with E-state index >= 15 is 0 Å². The average Bonchev–Trinajstić information content (AvgIpc) is 2.60. The van der Waals surface area contributed by atoms with Gasteiger partial charge >= 0.3 is 6.03 Å². The Balaban J connectivity index is 2.19. The van der Waals surface area contributed by atoms with E-state index in [2.05, 4.69) is 0 Å². The van der Waals surface area contributed by atoms with Gasteiger partial charge in [0.05, 0.1) is 7.11 Å². The lowest BCUT2D eigenvalue weighted by Gasteiger charge is -2.16. The molecule has 4 heteroatoms.